The van der Waals surface area contributed by atoms with Crippen LogP contribution in [0.4, 0.5) is 16.2 Å². The van der Waals surface area contributed by atoms with E-state index >= 15 is 0 Å². The zero-order chi connectivity index (χ0) is 28.8. The zero-order valence-corrected chi connectivity index (χ0v) is 23.1. The van der Waals surface area contributed by atoms with Crippen molar-refractivity contribution >= 4 is 23.3 Å². The predicted octanol–water partition coefficient (Wildman–Crippen LogP) is 3.39. The Morgan fingerprint density at radius 2 is 1.76 bits per heavy atom. The monoisotopic (exact) mass is 561 g/mol. The van der Waals surface area contributed by atoms with E-state index < -0.39 is 6.03 Å². The van der Waals surface area contributed by atoms with Crippen molar-refractivity contribution in [1.82, 2.24) is 15.2 Å². The predicted molar refractivity (Wildman–Crippen MR) is 153 cm³/mol. The molecule has 3 unspecified atom stereocenters. The van der Waals surface area contributed by atoms with Crippen LogP contribution in [0.15, 0.2) is 60.9 Å². The Balaban J connectivity index is 1.32. The number of urea groups is 1. The maximum absolute atomic E-state index is 13.4. The van der Waals surface area contributed by atoms with Gasteiger partial charge in [-0.1, -0.05) is 6.92 Å². The molecule has 41 heavy (non-hydrogen) atoms. The Bertz CT molecular complexity index is 1370. The smallest absolute Gasteiger partial charge is 0.323 e. The highest BCUT2D eigenvalue weighted by molar-refractivity contribution is 6.00. The number of aliphatic hydroxyl groups excluding tert-OH is 1. The van der Waals surface area contributed by atoms with Crippen LogP contribution < -0.4 is 30.2 Å². The summed E-state index contributed by atoms with van der Waals surface area (Å²) in [5.74, 6) is 1.64. The molecule has 3 amide bonds. The van der Waals surface area contributed by atoms with Crippen molar-refractivity contribution < 1.29 is 28.9 Å². The third-order valence-corrected chi connectivity index (χ3v) is 7.23. The molecule has 11 nitrogen and oxygen atoms in total. The molecular weight excluding hydrogens is 526 g/mol. The number of fused-ring (bicyclic) bond motifs is 2. The Morgan fingerprint density at radius 1 is 1.05 bits per heavy atom. The first-order valence-electron chi connectivity index (χ1n) is 13.7. The first-order valence-corrected chi connectivity index (χ1v) is 13.7. The molecule has 216 valence electrons. The number of hydrogen-bond donors (Lipinski definition) is 4. The molecule has 1 aromatic heterocycles. The fraction of sp³-hybridized carbons (Fsp3) is 0.367. The van der Waals surface area contributed by atoms with Crippen LogP contribution in [0.2, 0.25) is 0 Å². The van der Waals surface area contributed by atoms with E-state index in [1.807, 2.05) is 26.0 Å². The molecule has 2 aliphatic rings. The average molecular weight is 562 g/mol. The lowest BCUT2D eigenvalue weighted by Gasteiger charge is -2.32. The van der Waals surface area contributed by atoms with Gasteiger partial charge >= 0.3 is 6.03 Å². The number of nitrogens with one attached hydrogen (secondary N) is 3. The molecule has 4 N–H and O–H groups in total. The van der Waals surface area contributed by atoms with E-state index in [2.05, 4.69) is 20.9 Å². The van der Waals surface area contributed by atoms with Crippen molar-refractivity contribution in [3.8, 4) is 17.2 Å². The Kier molecular flexibility index (Phi) is 8.85. The van der Waals surface area contributed by atoms with E-state index in [9.17, 15) is 14.7 Å². The van der Waals surface area contributed by atoms with Crippen LogP contribution in [0.1, 0.15) is 25.0 Å². The number of carbonyl (C=O) groups is 2. The van der Waals surface area contributed by atoms with Crippen LogP contribution in [-0.4, -0.2) is 65.6 Å². The van der Waals surface area contributed by atoms with Gasteiger partial charge in [0.1, 0.15) is 11.9 Å². The summed E-state index contributed by atoms with van der Waals surface area (Å²) in [6.07, 6.45) is 3.34. The van der Waals surface area contributed by atoms with Gasteiger partial charge in [0.05, 0.1) is 19.1 Å². The number of amides is 3. The molecule has 2 aromatic carbocycles. The van der Waals surface area contributed by atoms with Crippen molar-refractivity contribution in [3.63, 3.8) is 0 Å². The maximum atomic E-state index is 13.4. The number of hydrogen-bond acceptors (Lipinski definition) is 8. The summed E-state index contributed by atoms with van der Waals surface area (Å²) >= 11 is 0. The van der Waals surface area contributed by atoms with E-state index in [1.54, 1.807) is 53.7 Å². The van der Waals surface area contributed by atoms with Gasteiger partial charge in [-0.05, 0) is 55.0 Å². The van der Waals surface area contributed by atoms with Gasteiger partial charge in [0.25, 0.3) is 0 Å². The summed E-state index contributed by atoms with van der Waals surface area (Å²) in [6, 6.07) is 13.6. The lowest BCUT2D eigenvalue weighted by atomic mass is 10.0. The fourth-order valence-electron chi connectivity index (χ4n) is 4.88. The quantitative estimate of drug-likeness (QED) is 0.329. The second-order valence-electron chi connectivity index (χ2n) is 10.3. The first-order chi connectivity index (χ1) is 19.9. The summed E-state index contributed by atoms with van der Waals surface area (Å²) in [4.78, 5) is 32.0. The third kappa shape index (κ3) is 7.05. The Labute approximate surface area is 238 Å². The molecule has 0 radical (unpaired) electrons. The second kappa shape index (κ2) is 12.9. The SMILES string of the molecule is CC1CN(C(C)CO)C(=O)Cc2cc(NC(=O)Nc3ccc4c(c3)OCO4)ccc2OC1CNCc1ccncc1. The van der Waals surface area contributed by atoms with Crippen molar-refractivity contribution in [2.45, 2.75) is 39.0 Å². The minimum atomic E-state index is -0.443. The summed E-state index contributed by atoms with van der Waals surface area (Å²) in [5.41, 5.74) is 2.83. The normalized spacial score (nSPS) is 18.8. The fourth-order valence-corrected chi connectivity index (χ4v) is 4.88. The molecule has 11 heteroatoms. The maximum Gasteiger partial charge on any atom is 0.323 e. The van der Waals surface area contributed by atoms with E-state index in [0.29, 0.717) is 53.8 Å². The number of ether oxygens (including phenoxy) is 3. The summed E-state index contributed by atoms with van der Waals surface area (Å²) in [6.45, 7) is 5.53. The van der Waals surface area contributed by atoms with Gasteiger partial charge in [0.15, 0.2) is 11.5 Å². The molecule has 3 heterocycles. The highest BCUT2D eigenvalue weighted by Gasteiger charge is 2.30. The van der Waals surface area contributed by atoms with Crippen molar-refractivity contribution in [3.05, 3.63) is 72.1 Å². The molecule has 0 saturated heterocycles. The van der Waals surface area contributed by atoms with Gasteiger partial charge in [0.2, 0.25) is 12.7 Å². The number of pyridine rings is 1. The topological polar surface area (TPSA) is 134 Å². The molecule has 0 spiro atoms. The van der Waals surface area contributed by atoms with Crippen LogP contribution in [0, 0.1) is 5.92 Å². The summed E-state index contributed by atoms with van der Waals surface area (Å²) in [7, 11) is 0. The largest absolute Gasteiger partial charge is 0.488 e. The minimum Gasteiger partial charge on any atom is -0.488 e. The summed E-state index contributed by atoms with van der Waals surface area (Å²) in [5, 5.41) is 18.9. The number of aromatic nitrogens is 1. The molecule has 0 bridgehead atoms. The Hall–Kier alpha value is -4.35. The molecule has 3 atom stereocenters. The van der Waals surface area contributed by atoms with Gasteiger partial charge in [0, 0.05) is 61.0 Å². The van der Waals surface area contributed by atoms with Gasteiger partial charge < -0.3 is 40.2 Å². The minimum absolute atomic E-state index is 0.0193. The molecule has 0 saturated carbocycles. The van der Waals surface area contributed by atoms with Gasteiger partial charge in [-0.3, -0.25) is 9.78 Å². The molecule has 0 fully saturated rings. The van der Waals surface area contributed by atoms with Crippen LogP contribution in [0.5, 0.6) is 17.2 Å². The van der Waals surface area contributed by atoms with Crippen molar-refractivity contribution in [2.75, 3.05) is 37.1 Å². The second-order valence-corrected chi connectivity index (χ2v) is 10.3. The van der Waals surface area contributed by atoms with Crippen molar-refractivity contribution in [1.29, 1.82) is 0 Å². The van der Waals surface area contributed by atoms with E-state index in [0.717, 1.165) is 5.56 Å². The number of carbonyl (C=O) groups excluding carboxylic acids is 2. The zero-order valence-electron chi connectivity index (χ0n) is 23.1. The van der Waals surface area contributed by atoms with Crippen LogP contribution in [-0.2, 0) is 17.8 Å². The van der Waals surface area contributed by atoms with E-state index in [-0.39, 0.29) is 43.8 Å². The van der Waals surface area contributed by atoms with Crippen LogP contribution >= 0.6 is 0 Å². The molecule has 3 aromatic rings. The molecule has 5 rings (SSSR count). The highest BCUT2D eigenvalue weighted by atomic mass is 16.7. The van der Waals surface area contributed by atoms with Gasteiger partial charge in [-0.2, -0.15) is 0 Å². The van der Waals surface area contributed by atoms with E-state index in [4.69, 9.17) is 14.2 Å². The molecular formula is C30H35N5O6. The van der Waals surface area contributed by atoms with Crippen molar-refractivity contribution in [2.24, 2.45) is 5.92 Å². The Morgan fingerprint density at radius 3 is 2.51 bits per heavy atom. The van der Waals surface area contributed by atoms with E-state index in [1.165, 1.54) is 0 Å². The van der Waals surface area contributed by atoms with Crippen LogP contribution in [0.3, 0.4) is 0 Å². The van der Waals surface area contributed by atoms with Gasteiger partial charge in [-0.25, -0.2) is 4.79 Å². The standard InChI is InChI=1S/C30H35N5O6/c1-19-16-35(20(2)17-36)29(37)12-22-11-23(33-30(38)34-24-4-6-26-27(13-24)40-18-39-26)3-5-25(22)41-28(19)15-32-14-21-7-9-31-10-8-21/h3-11,13,19-20,28,32,36H,12,14-18H2,1-2H3,(H2,33,34,38). The van der Waals surface area contributed by atoms with Crippen LogP contribution in [0.25, 0.3) is 0 Å². The average Bonchev–Trinajstić information content (AvgIpc) is 3.45. The number of anilines is 2. The number of nitrogens with zero attached hydrogens (tertiary/aromatic N) is 2. The lowest BCUT2D eigenvalue weighted by molar-refractivity contribution is -0.134. The molecule has 0 aliphatic carbocycles. The number of rotatable bonds is 8. The summed E-state index contributed by atoms with van der Waals surface area (Å²) < 4.78 is 17.2. The molecule has 2 aliphatic heterocycles. The number of aliphatic hydroxyl groups is 1. The first kappa shape index (κ1) is 28.2. The number of benzene rings is 2. The third-order valence-electron chi connectivity index (χ3n) is 7.23. The highest BCUT2D eigenvalue weighted by Crippen LogP contribution is 2.34. The lowest BCUT2D eigenvalue weighted by Crippen LogP contribution is -2.47. The van der Waals surface area contributed by atoms with Gasteiger partial charge in [-0.15, -0.1) is 0 Å².